The molecule has 2 aliphatic rings. The monoisotopic (exact) mass is 182 g/mol. The van der Waals surface area contributed by atoms with Gasteiger partial charge in [0.1, 0.15) is 0 Å². The van der Waals surface area contributed by atoms with E-state index in [-0.39, 0.29) is 0 Å². The van der Waals surface area contributed by atoms with Crippen molar-refractivity contribution >= 4 is 0 Å². The van der Waals surface area contributed by atoms with Crippen LogP contribution in [0.15, 0.2) is 0 Å². The van der Waals surface area contributed by atoms with Crippen molar-refractivity contribution < 1.29 is 5.11 Å². The highest BCUT2D eigenvalue weighted by Gasteiger charge is 2.46. The van der Waals surface area contributed by atoms with Crippen LogP contribution in [0, 0.1) is 16.7 Å². The fourth-order valence-corrected chi connectivity index (χ4v) is 4.17. The molecule has 2 bridgehead atoms. The van der Waals surface area contributed by atoms with Gasteiger partial charge in [-0.1, -0.05) is 20.3 Å². The summed E-state index contributed by atoms with van der Waals surface area (Å²) in [6.45, 7) is 5.20. The van der Waals surface area contributed by atoms with E-state index >= 15 is 0 Å². The summed E-state index contributed by atoms with van der Waals surface area (Å²) >= 11 is 0. The van der Waals surface area contributed by atoms with Gasteiger partial charge in [0.2, 0.25) is 0 Å². The molecule has 0 spiro atoms. The summed E-state index contributed by atoms with van der Waals surface area (Å²) in [4.78, 5) is 0. The lowest BCUT2D eigenvalue weighted by Gasteiger charge is -2.52. The van der Waals surface area contributed by atoms with E-state index in [0.717, 1.165) is 5.92 Å². The predicted octanol–water partition coefficient (Wildman–Crippen LogP) is 2.98. The maximum atomic E-state index is 9.53. The minimum absolute atomic E-state index is 0.310. The molecule has 2 aliphatic carbocycles. The Morgan fingerprint density at radius 2 is 2.08 bits per heavy atom. The van der Waals surface area contributed by atoms with Gasteiger partial charge in [0.15, 0.2) is 0 Å². The average Bonchev–Trinajstić information content (AvgIpc) is 2.01. The largest absolute Gasteiger partial charge is 0.396 e. The fraction of sp³-hybridized carbons (Fsp3) is 1.00. The number of rotatable bonds is 1. The van der Waals surface area contributed by atoms with Gasteiger partial charge < -0.3 is 5.11 Å². The third-order valence-electron chi connectivity index (χ3n) is 4.25. The third-order valence-corrected chi connectivity index (χ3v) is 4.25. The lowest BCUT2D eigenvalue weighted by molar-refractivity contribution is -0.0480. The van der Waals surface area contributed by atoms with Gasteiger partial charge in [-0.15, -0.1) is 0 Å². The summed E-state index contributed by atoms with van der Waals surface area (Å²) in [7, 11) is 0. The number of aliphatic hydroxyl groups is 1. The molecule has 0 heterocycles. The Morgan fingerprint density at radius 1 is 1.31 bits per heavy atom. The van der Waals surface area contributed by atoms with Gasteiger partial charge in [0, 0.05) is 6.61 Å². The van der Waals surface area contributed by atoms with Gasteiger partial charge in [-0.3, -0.25) is 0 Å². The topological polar surface area (TPSA) is 20.2 Å². The summed E-state index contributed by atoms with van der Waals surface area (Å²) in [5.41, 5.74) is 0.864. The standard InChI is InChI=1S/C12H22O/c1-10-6-11(2)4-3-5-12(7-10,8-11)9-13/h10,13H,3-9H2,1-2H3. The Morgan fingerprint density at radius 3 is 2.77 bits per heavy atom. The fourth-order valence-electron chi connectivity index (χ4n) is 4.17. The molecule has 0 aromatic carbocycles. The molecule has 0 saturated heterocycles. The highest BCUT2D eigenvalue weighted by atomic mass is 16.3. The maximum Gasteiger partial charge on any atom is 0.0487 e. The van der Waals surface area contributed by atoms with E-state index in [2.05, 4.69) is 13.8 Å². The van der Waals surface area contributed by atoms with Crippen molar-refractivity contribution in [3.63, 3.8) is 0 Å². The first-order chi connectivity index (χ1) is 6.08. The zero-order chi connectivity index (χ0) is 9.53. The van der Waals surface area contributed by atoms with Crippen LogP contribution in [0.2, 0.25) is 0 Å². The molecular formula is C12H22O. The zero-order valence-electron chi connectivity index (χ0n) is 8.97. The minimum Gasteiger partial charge on any atom is -0.396 e. The molecule has 3 atom stereocenters. The molecule has 1 heteroatoms. The quantitative estimate of drug-likeness (QED) is 0.661. The van der Waals surface area contributed by atoms with Crippen LogP contribution in [-0.2, 0) is 0 Å². The van der Waals surface area contributed by atoms with Crippen LogP contribution in [0.25, 0.3) is 0 Å². The molecule has 0 amide bonds. The van der Waals surface area contributed by atoms with E-state index in [9.17, 15) is 5.11 Å². The molecule has 0 aromatic rings. The Labute approximate surface area is 81.5 Å². The average molecular weight is 182 g/mol. The van der Waals surface area contributed by atoms with Crippen LogP contribution in [0.1, 0.15) is 52.4 Å². The van der Waals surface area contributed by atoms with Crippen molar-refractivity contribution in [2.75, 3.05) is 6.61 Å². The normalized spacial score (nSPS) is 50.5. The first-order valence-corrected chi connectivity index (χ1v) is 5.68. The van der Waals surface area contributed by atoms with Crippen LogP contribution in [0.5, 0.6) is 0 Å². The second-order valence-electron chi connectivity index (χ2n) is 6.01. The minimum atomic E-state index is 0.310. The summed E-state index contributed by atoms with van der Waals surface area (Å²) in [6, 6.07) is 0. The molecule has 0 aromatic heterocycles. The van der Waals surface area contributed by atoms with Crippen molar-refractivity contribution in [2.45, 2.75) is 52.4 Å². The Balaban J connectivity index is 2.20. The molecule has 76 valence electrons. The van der Waals surface area contributed by atoms with Gasteiger partial charge in [0.05, 0.1) is 0 Å². The first-order valence-electron chi connectivity index (χ1n) is 5.68. The lowest BCUT2D eigenvalue weighted by atomic mass is 9.53. The second kappa shape index (κ2) is 2.98. The summed E-state index contributed by atoms with van der Waals surface area (Å²) < 4.78 is 0. The third kappa shape index (κ3) is 1.63. The van der Waals surface area contributed by atoms with Crippen LogP contribution >= 0.6 is 0 Å². The number of hydrogen-bond donors (Lipinski definition) is 1. The SMILES string of the molecule is CC1CC2(C)CCCC(CO)(C1)C2. The zero-order valence-corrected chi connectivity index (χ0v) is 8.97. The molecule has 2 rings (SSSR count). The Hall–Kier alpha value is -0.0400. The van der Waals surface area contributed by atoms with Gasteiger partial charge in [-0.05, 0) is 48.9 Å². The summed E-state index contributed by atoms with van der Waals surface area (Å²) in [5.74, 6) is 0.825. The second-order valence-corrected chi connectivity index (χ2v) is 6.01. The van der Waals surface area contributed by atoms with Crippen molar-refractivity contribution in [3.8, 4) is 0 Å². The molecular weight excluding hydrogens is 160 g/mol. The van der Waals surface area contributed by atoms with Crippen molar-refractivity contribution in [1.82, 2.24) is 0 Å². The smallest absolute Gasteiger partial charge is 0.0487 e. The van der Waals surface area contributed by atoms with Gasteiger partial charge >= 0.3 is 0 Å². The van der Waals surface area contributed by atoms with E-state index in [0.29, 0.717) is 17.4 Å². The van der Waals surface area contributed by atoms with Gasteiger partial charge in [-0.25, -0.2) is 0 Å². The molecule has 1 nitrogen and oxygen atoms in total. The van der Waals surface area contributed by atoms with E-state index in [4.69, 9.17) is 0 Å². The molecule has 1 N–H and O–H groups in total. The molecule has 0 aliphatic heterocycles. The van der Waals surface area contributed by atoms with Crippen LogP contribution in [0.4, 0.5) is 0 Å². The number of fused-ring (bicyclic) bond motifs is 2. The Bertz CT molecular complexity index is 201. The molecule has 2 saturated carbocycles. The summed E-state index contributed by atoms with van der Waals surface area (Å²) in [6.07, 6.45) is 7.92. The summed E-state index contributed by atoms with van der Waals surface area (Å²) in [5, 5.41) is 9.53. The van der Waals surface area contributed by atoms with Gasteiger partial charge in [0.25, 0.3) is 0 Å². The number of hydrogen-bond acceptors (Lipinski definition) is 1. The number of aliphatic hydroxyl groups excluding tert-OH is 1. The highest BCUT2D eigenvalue weighted by molar-refractivity contribution is 4.97. The maximum absolute atomic E-state index is 9.53. The highest BCUT2D eigenvalue weighted by Crippen LogP contribution is 2.56. The lowest BCUT2D eigenvalue weighted by Crippen LogP contribution is -2.43. The molecule has 0 radical (unpaired) electrons. The van der Waals surface area contributed by atoms with Crippen LogP contribution < -0.4 is 0 Å². The van der Waals surface area contributed by atoms with E-state index in [1.54, 1.807) is 0 Å². The van der Waals surface area contributed by atoms with Crippen molar-refractivity contribution in [1.29, 1.82) is 0 Å². The molecule has 3 unspecified atom stereocenters. The molecule has 13 heavy (non-hydrogen) atoms. The van der Waals surface area contributed by atoms with E-state index < -0.39 is 0 Å². The van der Waals surface area contributed by atoms with Crippen LogP contribution in [-0.4, -0.2) is 11.7 Å². The van der Waals surface area contributed by atoms with Crippen molar-refractivity contribution in [2.24, 2.45) is 16.7 Å². The van der Waals surface area contributed by atoms with E-state index in [1.807, 2.05) is 0 Å². The van der Waals surface area contributed by atoms with Gasteiger partial charge in [-0.2, -0.15) is 0 Å². The Kier molecular flexibility index (Phi) is 2.18. The first kappa shape index (κ1) is 9.51. The predicted molar refractivity (Wildman–Crippen MR) is 54.5 cm³/mol. The van der Waals surface area contributed by atoms with Crippen molar-refractivity contribution in [3.05, 3.63) is 0 Å². The van der Waals surface area contributed by atoms with Crippen LogP contribution in [0.3, 0.4) is 0 Å². The molecule has 2 fully saturated rings. The van der Waals surface area contributed by atoms with E-state index in [1.165, 1.54) is 38.5 Å².